The van der Waals surface area contributed by atoms with E-state index in [4.69, 9.17) is 41.9 Å². The molecule has 2 saturated heterocycles. The lowest BCUT2D eigenvalue weighted by molar-refractivity contribution is -0.333. The molecule has 2 heterocycles. The van der Waals surface area contributed by atoms with Gasteiger partial charge in [0, 0.05) is 19.1 Å². The number of urea groups is 1. The minimum Gasteiger partial charge on any atom is -0.394 e. The number of aliphatic hydroxyl groups is 7. The van der Waals surface area contributed by atoms with Crippen molar-refractivity contribution in [2.45, 2.75) is 105 Å². The molecule has 44 heavy (non-hydrogen) atoms. The molecule has 0 aromatic heterocycles. The van der Waals surface area contributed by atoms with Gasteiger partial charge < -0.3 is 88.3 Å². The molecule has 1 aliphatic carbocycles. The zero-order valence-corrected chi connectivity index (χ0v) is 24.2. The van der Waals surface area contributed by atoms with Crippen LogP contribution in [-0.2, 0) is 18.9 Å². The van der Waals surface area contributed by atoms with Gasteiger partial charge in [-0.1, -0.05) is 0 Å². The van der Waals surface area contributed by atoms with Crippen LogP contribution in [0.4, 0.5) is 4.79 Å². The van der Waals surface area contributed by atoms with E-state index in [1.807, 2.05) is 0 Å². The maximum Gasteiger partial charge on any atom is 0.341 e. The molecule has 3 aliphatic rings. The van der Waals surface area contributed by atoms with Crippen molar-refractivity contribution in [2.75, 3.05) is 39.3 Å². The summed E-state index contributed by atoms with van der Waals surface area (Å²) in [6.07, 6.45) is -17.6. The number of carbonyl (C=O) groups is 1. The molecule has 0 spiro atoms. The second-order valence-electron chi connectivity index (χ2n) is 11.2. The summed E-state index contributed by atoms with van der Waals surface area (Å²) in [4.78, 5) is 12.6. The van der Waals surface area contributed by atoms with Gasteiger partial charge in [-0.15, -0.1) is 0 Å². The second kappa shape index (κ2) is 16.9. The fourth-order valence-electron chi connectivity index (χ4n) is 5.40. The van der Waals surface area contributed by atoms with Gasteiger partial charge in [-0.2, -0.15) is 0 Å². The third-order valence-electron chi connectivity index (χ3n) is 7.99. The van der Waals surface area contributed by atoms with Crippen LogP contribution >= 0.6 is 0 Å². The van der Waals surface area contributed by atoms with Gasteiger partial charge in [0.15, 0.2) is 12.6 Å². The van der Waals surface area contributed by atoms with Crippen LogP contribution in [0, 0.1) is 0 Å². The summed E-state index contributed by atoms with van der Waals surface area (Å²) < 4.78 is 23.0. The first-order valence-electron chi connectivity index (χ1n) is 14.6. The highest BCUT2D eigenvalue weighted by Crippen LogP contribution is 2.32. The number of rotatable bonds is 13. The van der Waals surface area contributed by atoms with Crippen LogP contribution in [0.3, 0.4) is 0 Å². The van der Waals surface area contributed by atoms with Gasteiger partial charge in [0.2, 0.25) is 0 Å². The van der Waals surface area contributed by atoms with E-state index < -0.39 is 104 Å². The topological polar surface area (TPSA) is 347 Å². The van der Waals surface area contributed by atoms with Crippen LogP contribution in [0.15, 0.2) is 0 Å². The molecular formula is C24H49N7O13. The molecule has 2 amide bonds. The summed E-state index contributed by atoms with van der Waals surface area (Å²) in [5, 5.41) is 89.2. The van der Waals surface area contributed by atoms with E-state index in [1.165, 1.54) is 0 Å². The first kappa shape index (κ1) is 37.1. The zero-order chi connectivity index (χ0) is 32.7. The van der Waals surface area contributed by atoms with E-state index in [0.717, 1.165) is 0 Å². The van der Waals surface area contributed by atoms with Crippen LogP contribution in [0.1, 0.15) is 12.8 Å². The molecule has 18 N–H and O–H groups in total. The summed E-state index contributed by atoms with van der Waals surface area (Å²) in [6.45, 7) is 0.0138. The number of hydrogen-bond donors (Lipinski definition) is 14. The summed E-state index contributed by atoms with van der Waals surface area (Å²) in [6, 6.07) is -4.54. The molecule has 0 aromatic carbocycles. The van der Waals surface area contributed by atoms with E-state index in [9.17, 15) is 45.7 Å². The molecule has 20 nitrogen and oxygen atoms in total. The highest BCUT2D eigenvalue weighted by Gasteiger charge is 2.52. The molecule has 0 bridgehead atoms. The Bertz CT molecular complexity index is 884. The Morgan fingerprint density at radius 1 is 0.841 bits per heavy atom. The zero-order valence-electron chi connectivity index (χ0n) is 24.2. The molecule has 258 valence electrons. The van der Waals surface area contributed by atoms with E-state index in [1.54, 1.807) is 0 Å². The van der Waals surface area contributed by atoms with E-state index in [-0.39, 0.29) is 26.1 Å². The SMILES string of the molecule is NCCCNC[C@H]1O[C@H](OC2[C@@H](N)C[C@@H](NC(=O)N(O)CCN)[C@H](O[C@H]3O[C@H](CO)[C@@H](O)[C@H](N)[C@H]3O)[C@H]2O)[C@H](O)[C@@H](O)[C@@H]1O. The number of hydrogen-bond acceptors (Lipinski definition) is 18. The van der Waals surface area contributed by atoms with Crippen LogP contribution in [0.2, 0.25) is 0 Å². The number of nitrogens with zero attached hydrogens (tertiary/aromatic N) is 1. The largest absolute Gasteiger partial charge is 0.394 e. The minimum atomic E-state index is -1.76. The number of nitrogens with two attached hydrogens (primary N) is 4. The first-order valence-corrected chi connectivity index (χ1v) is 14.6. The van der Waals surface area contributed by atoms with Crippen molar-refractivity contribution in [2.24, 2.45) is 22.9 Å². The van der Waals surface area contributed by atoms with Gasteiger partial charge in [-0.25, -0.2) is 9.86 Å². The van der Waals surface area contributed by atoms with Crippen molar-refractivity contribution in [1.82, 2.24) is 15.7 Å². The van der Waals surface area contributed by atoms with Crippen molar-refractivity contribution < 1.29 is 64.7 Å². The smallest absolute Gasteiger partial charge is 0.341 e. The van der Waals surface area contributed by atoms with Crippen molar-refractivity contribution in [3.63, 3.8) is 0 Å². The Labute approximate surface area is 253 Å². The van der Waals surface area contributed by atoms with Gasteiger partial charge in [0.1, 0.15) is 61.0 Å². The Balaban J connectivity index is 1.82. The summed E-state index contributed by atoms with van der Waals surface area (Å²) in [7, 11) is 0. The molecule has 0 aromatic rings. The van der Waals surface area contributed by atoms with Gasteiger partial charge in [0.25, 0.3) is 0 Å². The van der Waals surface area contributed by atoms with Crippen molar-refractivity contribution in [3.8, 4) is 0 Å². The number of carbonyl (C=O) groups excluding carboxylic acids is 1. The molecule has 20 heteroatoms. The molecular weight excluding hydrogens is 594 g/mol. The summed E-state index contributed by atoms with van der Waals surface area (Å²) >= 11 is 0. The van der Waals surface area contributed by atoms with Crippen molar-refractivity contribution in [1.29, 1.82) is 0 Å². The Hall–Kier alpha value is -1.41. The van der Waals surface area contributed by atoms with Crippen LogP contribution in [0.25, 0.3) is 0 Å². The Morgan fingerprint density at radius 3 is 2.11 bits per heavy atom. The summed E-state index contributed by atoms with van der Waals surface area (Å²) in [5.74, 6) is 0. The first-order chi connectivity index (χ1) is 20.9. The lowest BCUT2D eigenvalue weighted by Crippen LogP contribution is -2.69. The van der Waals surface area contributed by atoms with Crippen molar-refractivity contribution in [3.05, 3.63) is 0 Å². The number of nitrogens with one attached hydrogen (secondary N) is 2. The van der Waals surface area contributed by atoms with Gasteiger partial charge in [-0.3, -0.25) is 5.21 Å². The quantitative estimate of drug-likeness (QED) is 0.0503. The minimum absolute atomic E-state index is 0.0643. The number of aliphatic hydroxyl groups excluding tert-OH is 7. The predicted molar refractivity (Wildman–Crippen MR) is 147 cm³/mol. The van der Waals surface area contributed by atoms with Crippen LogP contribution in [-0.4, -0.2) is 183 Å². The van der Waals surface area contributed by atoms with E-state index in [0.29, 0.717) is 24.6 Å². The van der Waals surface area contributed by atoms with E-state index >= 15 is 0 Å². The third-order valence-corrected chi connectivity index (χ3v) is 7.99. The Morgan fingerprint density at radius 2 is 1.48 bits per heavy atom. The highest BCUT2D eigenvalue weighted by atomic mass is 16.7. The van der Waals surface area contributed by atoms with Gasteiger partial charge in [-0.05, 0) is 25.9 Å². The lowest BCUT2D eigenvalue weighted by atomic mass is 9.83. The van der Waals surface area contributed by atoms with Gasteiger partial charge in [0.05, 0.1) is 25.2 Å². The van der Waals surface area contributed by atoms with Crippen LogP contribution in [0.5, 0.6) is 0 Å². The molecule has 0 radical (unpaired) electrons. The second-order valence-corrected chi connectivity index (χ2v) is 11.2. The van der Waals surface area contributed by atoms with Crippen LogP contribution < -0.4 is 33.6 Å². The average Bonchev–Trinajstić information content (AvgIpc) is 2.99. The molecule has 1 unspecified atom stereocenters. The maximum absolute atomic E-state index is 12.6. The fourth-order valence-corrected chi connectivity index (χ4v) is 5.40. The number of amides is 2. The molecule has 2 aliphatic heterocycles. The third kappa shape index (κ3) is 8.68. The van der Waals surface area contributed by atoms with E-state index in [2.05, 4.69) is 10.6 Å². The molecule has 3 rings (SSSR count). The molecule has 3 fully saturated rings. The van der Waals surface area contributed by atoms with Gasteiger partial charge >= 0.3 is 6.03 Å². The van der Waals surface area contributed by atoms with Crippen molar-refractivity contribution >= 4 is 6.03 Å². The highest BCUT2D eigenvalue weighted by molar-refractivity contribution is 5.73. The normalized spacial score (nSPS) is 43.0. The molecule has 15 atom stereocenters. The average molecular weight is 644 g/mol. The maximum atomic E-state index is 12.6. The number of hydroxylamine groups is 2. The number of ether oxygens (including phenoxy) is 4. The standard InChI is InChI=1S/C24H49N7O13/c25-2-1-4-29-7-11-15(34)17(36)18(37)23(41-11)43-20-9(27)6-10(30-24(39)31(40)5-3-26)21(19(20)38)44-22-16(35)13(28)14(33)12(8-32)42-22/h9-23,29,32-38,40H,1-8,25-28H2,(H,30,39)/t9-,10+,11+,12+,13-,14+,15+,16+,17-,18+,19-,20?,21-,22+,23+/m0/s1. The summed E-state index contributed by atoms with van der Waals surface area (Å²) in [5.41, 5.74) is 23.1. The predicted octanol–water partition coefficient (Wildman–Crippen LogP) is -7.91. The lowest BCUT2D eigenvalue weighted by Gasteiger charge is -2.49. The Kier molecular flexibility index (Phi) is 14.3. The monoisotopic (exact) mass is 643 g/mol. The molecule has 1 saturated carbocycles. The fraction of sp³-hybridized carbons (Fsp3) is 0.958.